The summed E-state index contributed by atoms with van der Waals surface area (Å²) >= 11 is 0. The first-order valence-corrected chi connectivity index (χ1v) is 10.7. The average molecular weight is 430 g/mol. The van der Waals surface area contributed by atoms with E-state index in [1.54, 1.807) is 4.90 Å². The largest absolute Gasteiger partial charge is 0.277 e. The molecule has 164 valence electrons. The van der Waals surface area contributed by atoms with Crippen LogP contribution in [0.15, 0.2) is 59.4 Å². The Morgan fingerprint density at radius 1 is 1.00 bits per heavy atom. The summed E-state index contributed by atoms with van der Waals surface area (Å²) in [7, 11) is 0. The lowest BCUT2D eigenvalue weighted by Gasteiger charge is -2.21. The zero-order valence-corrected chi connectivity index (χ0v) is 18.8. The van der Waals surface area contributed by atoms with E-state index in [9.17, 15) is 9.59 Å². The number of hydrogen-bond donors (Lipinski definition) is 1. The van der Waals surface area contributed by atoms with Crippen molar-refractivity contribution in [3.63, 3.8) is 0 Å². The molecule has 0 bridgehead atoms. The van der Waals surface area contributed by atoms with E-state index >= 15 is 0 Å². The van der Waals surface area contributed by atoms with Crippen molar-refractivity contribution in [1.82, 2.24) is 19.6 Å². The number of aromatic nitrogens is 4. The normalized spacial score (nSPS) is 11.3. The molecule has 4 aromatic rings. The molecular weight excluding hydrogens is 402 g/mol. The third kappa shape index (κ3) is 4.32. The zero-order chi connectivity index (χ0) is 22.8. The fourth-order valence-electron chi connectivity index (χ4n) is 3.61. The zero-order valence-electron chi connectivity index (χ0n) is 18.8. The Morgan fingerprint density at radius 2 is 1.69 bits per heavy atom. The van der Waals surface area contributed by atoms with E-state index in [2.05, 4.69) is 15.1 Å². The molecule has 1 N–H and O–H groups in total. The molecule has 2 aromatic carbocycles. The van der Waals surface area contributed by atoms with Crippen LogP contribution in [0.1, 0.15) is 41.8 Å². The minimum absolute atomic E-state index is 0.0843. The molecule has 7 nitrogen and oxygen atoms in total. The number of hydrogen-bond acceptors (Lipinski definition) is 4. The van der Waals surface area contributed by atoms with E-state index in [-0.39, 0.29) is 23.2 Å². The Bertz CT molecular complexity index is 1300. The van der Waals surface area contributed by atoms with Gasteiger partial charge in [-0.05, 0) is 25.0 Å². The van der Waals surface area contributed by atoms with Crippen molar-refractivity contribution in [3.8, 4) is 0 Å². The third-order valence-corrected chi connectivity index (χ3v) is 5.48. The smallest absolute Gasteiger partial charge is 0.276 e. The molecule has 4 rings (SSSR count). The van der Waals surface area contributed by atoms with Crippen LogP contribution in [0.2, 0.25) is 0 Å². The highest BCUT2D eigenvalue weighted by Crippen LogP contribution is 2.18. The molecule has 0 aliphatic carbocycles. The molecule has 0 aliphatic heterocycles. The fraction of sp³-hybridized carbons (Fsp3) is 0.280. The van der Waals surface area contributed by atoms with E-state index in [1.807, 2.05) is 82.3 Å². The number of rotatable bonds is 6. The van der Waals surface area contributed by atoms with Gasteiger partial charge in [0.05, 0.1) is 12.2 Å². The maximum absolute atomic E-state index is 13.2. The van der Waals surface area contributed by atoms with Crippen molar-refractivity contribution >= 4 is 17.6 Å². The predicted molar refractivity (Wildman–Crippen MR) is 125 cm³/mol. The minimum atomic E-state index is -0.228. The van der Waals surface area contributed by atoms with E-state index in [4.69, 9.17) is 0 Å². The number of nitrogens with zero attached hydrogens (tertiary/aromatic N) is 4. The summed E-state index contributed by atoms with van der Waals surface area (Å²) in [6.07, 6.45) is 0.480. The fourth-order valence-corrected chi connectivity index (χ4v) is 3.61. The summed E-state index contributed by atoms with van der Waals surface area (Å²) in [5.74, 6) is 0.252. The van der Waals surface area contributed by atoms with Crippen molar-refractivity contribution in [1.29, 1.82) is 0 Å². The van der Waals surface area contributed by atoms with Crippen molar-refractivity contribution in [3.05, 3.63) is 92.9 Å². The SMILES string of the molecule is Cc1ccc(CN(C(=O)C(C)C)c2nc3nc(C)c(Cc4ccccc4)c(=O)n3[nH]2)cc1. The Hall–Kier alpha value is -3.74. The molecule has 0 saturated carbocycles. The maximum atomic E-state index is 13.2. The molecule has 0 aliphatic rings. The molecule has 0 unspecified atom stereocenters. The van der Waals surface area contributed by atoms with Gasteiger partial charge in [-0.1, -0.05) is 74.0 Å². The predicted octanol–water partition coefficient (Wildman–Crippen LogP) is 3.81. The molecule has 32 heavy (non-hydrogen) atoms. The lowest BCUT2D eigenvalue weighted by atomic mass is 10.1. The summed E-state index contributed by atoms with van der Waals surface area (Å²) < 4.78 is 1.33. The van der Waals surface area contributed by atoms with Crippen LogP contribution < -0.4 is 10.5 Å². The molecule has 2 aromatic heterocycles. The Labute approximate surface area is 186 Å². The van der Waals surface area contributed by atoms with Crippen LogP contribution in [-0.2, 0) is 17.8 Å². The van der Waals surface area contributed by atoms with Gasteiger partial charge in [0, 0.05) is 17.9 Å². The molecule has 0 spiro atoms. The second kappa shape index (κ2) is 8.78. The maximum Gasteiger partial charge on any atom is 0.277 e. The van der Waals surface area contributed by atoms with Crippen LogP contribution in [0.4, 0.5) is 5.95 Å². The number of H-pyrrole nitrogens is 1. The number of anilines is 1. The molecule has 0 atom stereocenters. The van der Waals surface area contributed by atoms with Gasteiger partial charge in [0.15, 0.2) is 0 Å². The standard InChI is InChI=1S/C25H27N5O2/c1-16(2)22(31)29(15-20-12-10-17(3)11-13-20)25-27-24-26-18(4)21(23(32)30(24)28-25)14-19-8-6-5-7-9-19/h5-13,16H,14-15H2,1-4H3,(H,26,27,28). The summed E-state index contributed by atoms with van der Waals surface area (Å²) in [4.78, 5) is 36.9. The first-order chi connectivity index (χ1) is 15.3. The number of aromatic amines is 1. The number of benzene rings is 2. The van der Waals surface area contributed by atoms with E-state index in [0.717, 1.165) is 16.7 Å². The molecule has 0 radical (unpaired) electrons. The Kier molecular flexibility index (Phi) is 5.90. The first kappa shape index (κ1) is 21.5. The summed E-state index contributed by atoms with van der Waals surface area (Å²) in [5.41, 5.74) is 4.19. The lowest BCUT2D eigenvalue weighted by molar-refractivity contribution is -0.121. The van der Waals surface area contributed by atoms with Gasteiger partial charge in [-0.25, -0.2) is 4.98 Å². The quantitative estimate of drug-likeness (QED) is 0.505. The molecule has 2 heterocycles. The first-order valence-electron chi connectivity index (χ1n) is 10.7. The topological polar surface area (TPSA) is 83.4 Å². The van der Waals surface area contributed by atoms with Crippen LogP contribution in [0, 0.1) is 19.8 Å². The number of carbonyl (C=O) groups excluding carboxylic acids is 1. The Balaban J connectivity index is 1.75. The molecule has 7 heteroatoms. The van der Waals surface area contributed by atoms with Gasteiger partial charge < -0.3 is 0 Å². The summed E-state index contributed by atoms with van der Waals surface area (Å²) in [6, 6.07) is 17.8. The molecule has 0 saturated heterocycles. The number of amides is 1. The van der Waals surface area contributed by atoms with Gasteiger partial charge in [0.25, 0.3) is 11.3 Å². The number of aryl methyl sites for hydroxylation is 2. The highest BCUT2D eigenvalue weighted by molar-refractivity contribution is 5.93. The van der Waals surface area contributed by atoms with Gasteiger partial charge >= 0.3 is 0 Å². The van der Waals surface area contributed by atoms with Gasteiger partial charge in [-0.2, -0.15) is 9.50 Å². The van der Waals surface area contributed by atoms with Crippen molar-refractivity contribution in [2.24, 2.45) is 5.92 Å². The van der Waals surface area contributed by atoms with E-state index in [0.29, 0.717) is 30.2 Å². The Morgan fingerprint density at radius 3 is 2.34 bits per heavy atom. The summed E-state index contributed by atoms with van der Waals surface area (Å²) in [5, 5.41) is 3.02. The second-order valence-electron chi connectivity index (χ2n) is 8.39. The molecular formula is C25H27N5O2. The van der Waals surface area contributed by atoms with Crippen molar-refractivity contribution < 1.29 is 4.79 Å². The van der Waals surface area contributed by atoms with Gasteiger partial charge in [-0.3, -0.25) is 19.6 Å². The van der Waals surface area contributed by atoms with Gasteiger partial charge in [-0.15, -0.1) is 0 Å². The lowest BCUT2D eigenvalue weighted by Crippen LogP contribution is -2.34. The number of nitrogens with one attached hydrogen (secondary N) is 1. The molecule has 0 fully saturated rings. The highest BCUT2D eigenvalue weighted by Gasteiger charge is 2.24. The third-order valence-electron chi connectivity index (χ3n) is 5.48. The van der Waals surface area contributed by atoms with Crippen molar-refractivity contribution in [2.45, 2.75) is 40.7 Å². The number of fused-ring (bicyclic) bond motifs is 1. The summed E-state index contributed by atoms with van der Waals surface area (Å²) in [6.45, 7) is 7.88. The van der Waals surface area contributed by atoms with Gasteiger partial charge in [0.1, 0.15) is 0 Å². The van der Waals surface area contributed by atoms with Crippen LogP contribution in [0.25, 0.3) is 5.78 Å². The van der Waals surface area contributed by atoms with Crippen LogP contribution in [0.5, 0.6) is 0 Å². The molecule has 1 amide bonds. The van der Waals surface area contributed by atoms with Crippen LogP contribution >= 0.6 is 0 Å². The van der Waals surface area contributed by atoms with Crippen LogP contribution in [-0.4, -0.2) is 25.5 Å². The van der Waals surface area contributed by atoms with Gasteiger partial charge in [0.2, 0.25) is 11.9 Å². The minimum Gasteiger partial charge on any atom is -0.276 e. The number of carbonyl (C=O) groups is 1. The van der Waals surface area contributed by atoms with E-state index in [1.165, 1.54) is 4.52 Å². The van der Waals surface area contributed by atoms with Crippen LogP contribution in [0.3, 0.4) is 0 Å². The van der Waals surface area contributed by atoms with E-state index < -0.39 is 0 Å². The highest BCUT2D eigenvalue weighted by atomic mass is 16.2. The van der Waals surface area contributed by atoms with Crippen molar-refractivity contribution in [2.75, 3.05) is 4.90 Å². The monoisotopic (exact) mass is 429 g/mol. The average Bonchev–Trinajstić information content (AvgIpc) is 3.20. The second-order valence-corrected chi connectivity index (χ2v) is 8.39.